The minimum atomic E-state index is -3.38. The van der Waals surface area contributed by atoms with E-state index in [1.54, 1.807) is 18.3 Å². The quantitative estimate of drug-likeness (QED) is 0.857. The number of rotatable bonds is 4. The second-order valence-electron chi connectivity index (χ2n) is 5.92. The van der Waals surface area contributed by atoms with Crippen molar-refractivity contribution in [3.63, 3.8) is 0 Å². The minimum Gasteiger partial charge on any atom is -0.352 e. The first kappa shape index (κ1) is 17.0. The highest BCUT2D eigenvalue weighted by Crippen LogP contribution is 2.42. The zero-order chi connectivity index (χ0) is 18.1. The summed E-state index contributed by atoms with van der Waals surface area (Å²) in [5.74, 6) is -0.157. The van der Waals surface area contributed by atoms with Crippen molar-refractivity contribution >= 4 is 38.5 Å². The minimum absolute atomic E-state index is 0.00621. The van der Waals surface area contributed by atoms with Gasteiger partial charge in [-0.2, -0.15) is 0 Å². The maximum absolute atomic E-state index is 12.4. The van der Waals surface area contributed by atoms with Crippen LogP contribution in [-0.2, 0) is 16.4 Å². The number of nitrogens with zero attached hydrogens (tertiary/aromatic N) is 3. The fourth-order valence-electron chi connectivity index (χ4n) is 2.82. The number of anilines is 1. The third-order valence-electron chi connectivity index (χ3n) is 4.13. The summed E-state index contributed by atoms with van der Waals surface area (Å²) in [6, 6.07) is 11.1. The summed E-state index contributed by atoms with van der Waals surface area (Å²) in [5.41, 5.74) is 2.36. The molecule has 3 heterocycles. The van der Waals surface area contributed by atoms with Gasteiger partial charge in [0.1, 0.15) is 0 Å². The summed E-state index contributed by atoms with van der Waals surface area (Å²) >= 11 is 1.28. The second-order valence-corrected chi connectivity index (χ2v) is 8.69. The van der Waals surface area contributed by atoms with Crippen LogP contribution in [-0.4, -0.2) is 43.3 Å². The van der Waals surface area contributed by atoms with E-state index in [1.807, 2.05) is 29.2 Å². The Morgan fingerprint density at radius 2 is 2.15 bits per heavy atom. The van der Waals surface area contributed by atoms with Gasteiger partial charge in [0.05, 0.1) is 11.4 Å². The molecule has 0 fully saturated rings. The SMILES string of the molecule is O=C(NCCc1ccccn1)c1ccc2c(c1)SC1=NS(=O)(=O)CCN12. The van der Waals surface area contributed by atoms with Gasteiger partial charge in [0.25, 0.3) is 15.9 Å². The Bertz CT molecular complexity index is 990. The van der Waals surface area contributed by atoms with Gasteiger partial charge in [0.15, 0.2) is 5.17 Å². The smallest absolute Gasteiger partial charge is 0.257 e. The largest absolute Gasteiger partial charge is 0.352 e. The Kier molecular flexibility index (Phi) is 4.41. The highest BCUT2D eigenvalue weighted by molar-refractivity contribution is 8.15. The number of amides is 1. The number of carbonyl (C=O) groups is 1. The normalized spacial score (nSPS) is 17.2. The number of benzene rings is 1. The van der Waals surface area contributed by atoms with Crippen LogP contribution >= 0.6 is 11.8 Å². The van der Waals surface area contributed by atoms with Crippen LogP contribution in [0.3, 0.4) is 0 Å². The molecule has 1 aromatic carbocycles. The number of pyridine rings is 1. The van der Waals surface area contributed by atoms with Crippen molar-refractivity contribution < 1.29 is 13.2 Å². The van der Waals surface area contributed by atoms with Gasteiger partial charge in [-0.05, 0) is 42.1 Å². The Morgan fingerprint density at radius 1 is 1.27 bits per heavy atom. The number of thioether (sulfide) groups is 1. The molecule has 0 saturated heterocycles. The molecule has 2 aliphatic rings. The second kappa shape index (κ2) is 6.73. The molecule has 2 aromatic rings. The molecule has 1 amide bonds. The standard InChI is InChI=1S/C17H16N4O3S2/c22-16(19-8-6-13-3-1-2-7-18-13)12-4-5-14-15(11-12)25-17-20-26(23,24)10-9-21(14)17/h1-5,7,11H,6,8-10H2,(H,19,22). The number of fused-ring (bicyclic) bond motifs is 3. The molecule has 9 heteroatoms. The van der Waals surface area contributed by atoms with E-state index in [0.29, 0.717) is 30.2 Å². The highest BCUT2D eigenvalue weighted by Gasteiger charge is 2.33. The van der Waals surface area contributed by atoms with Gasteiger partial charge in [0, 0.05) is 41.9 Å². The molecule has 0 saturated carbocycles. The average Bonchev–Trinajstić information content (AvgIpc) is 2.97. The Hall–Kier alpha value is -2.39. The number of hydrogen-bond acceptors (Lipinski definition) is 6. The zero-order valence-corrected chi connectivity index (χ0v) is 15.4. The van der Waals surface area contributed by atoms with Crippen LogP contribution < -0.4 is 10.2 Å². The van der Waals surface area contributed by atoms with Gasteiger partial charge < -0.3 is 10.2 Å². The summed E-state index contributed by atoms with van der Waals surface area (Å²) in [5, 5.41) is 3.34. The summed E-state index contributed by atoms with van der Waals surface area (Å²) in [6.07, 6.45) is 2.39. The van der Waals surface area contributed by atoms with Crippen molar-refractivity contribution in [2.24, 2.45) is 4.40 Å². The monoisotopic (exact) mass is 388 g/mol. The first-order valence-corrected chi connectivity index (χ1v) is 10.5. The van der Waals surface area contributed by atoms with Crippen LogP contribution in [0.2, 0.25) is 0 Å². The summed E-state index contributed by atoms with van der Waals surface area (Å²) in [4.78, 5) is 19.3. The molecule has 0 unspecified atom stereocenters. The number of nitrogens with one attached hydrogen (secondary N) is 1. The van der Waals surface area contributed by atoms with Crippen molar-refractivity contribution in [1.29, 1.82) is 0 Å². The van der Waals surface area contributed by atoms with E-state index in [9.17, 15) is 13.2 Å². The molecule has 0 aliphatic carbocycles. The van der Waals surface area contributed by atoms with Crippen LogP contribution in [0.1, 0.15) is 16.1 Å². The molecule has 4 rings (SSSR count). The van der Waals surface area contributed by atoms with E-state index in [0.717, 1.165) is 16.3 Å². The van der Waals surface area contributed by atoms with Crippen LogP contribution in [0.15, 0.2) is 51.9 Å². The molecule has 0 bridgehead atoms. The summed E-state index contributed by atoms with van der Waals surface area (Å²) in [7, 11) is -3.38. The highest BCUT2D eigenvalue weighted by atomic mass is 32.2. The predicted octanol–water partition coefficient (Wildman–Crippen LogP) is 1.67. The lowest BCUT2D eigenvalue weighted by atomic mass is 10.1. The van der Waals surface area contributed by atoms with Gasteiger partial charge in [0.2, 0.25) is 0 Å². The molecule has 134 valence electrons. The zero-order valence-electron chi connectivity index (χ0n) is 13.8. The summed E-state index contributed by atoms with van der Waals surface area (Å²) < 4.78 is 27.1. The van der Waals surface area contributed by atoms with Crippen molar-refractivity contribution in [2.45, 2.75) is 11.3 Å². The van der Waals surface area contributed by atoms with Gasteiger partial charge in [-0.3, -0.25) is 9.78 Å². The lowest BCUT2D eigenvalue weighted by Crippen LogP contribution is -2.35. The summed E-state index contributed by atoms with van der Waals surface area (Å²) in [6.45, 7) is 0.883. The average molecular weight is 388 g/mol. The van der Waals surface area contributed by atoms with Gasteiger partial charge >= 0.3 is 0 Å². The third-order valence-corrected chi connectivity index (χ3v) is 6.43. The Labute approximate surface area is 155 Å². The lowest BCUT2D eigenvalue weighted by Gasteiger charge is -2.22. The maximum Gasteiger partial charge on any atom is 0.257 e. The molecule has 0 radical (unpaired) electrons. The van der Waals surface area contributed by atoms with Crippen molar-refractivity contribution in [3.8, 4) is 0 Å². The van der Waals surface area contributed by atoms with Gasteiger partial charge in [-0.1, -0.05) is 6.07 Å². The van der Waals surface area contributed by atoms with E-state index in [2.05, 4.69) is 14.7 Å². The topological polar surface area (TPSA) is 91.7 Å². The van der Waals surface area contributed by atoms with E-state index in [1.165, 1.54) is 11.8 Å². The molecule has 0 atom stereocenters. The Morgan fingerprint density at radius 3 is 2.96 bits per heavy atom. The molecule has 1 aromatic heterocycles. The fourth-order valence-corrected chi connectivity index (χ4v) is 5.12. The van der Waals surface area contributed by atoms with E-state index in [4.69, 9.17) is 0 Å². The van der Waals surface area contributed by atoms with Crippen LogP contribution in [0.25, 0.3) is 0 Å². The number of sulfonamides is 1. The molecule has 1 N–H and O–H groups in total. The number of hydrogen-bond donors (Lipinski definition) is 1. The van der Waals surface area contributed by atoms with Crippen LogP contribution in [0.5, 0.6) is 0 Å². The first-order valence-electron chi connectivity index (χ1n) is 8.12. The molecule has 7 nitrogen and oxygen atoms in total. The predicted molar refractivity (Wildman–Crippen MR) is 101 cm³/mol. The van der Waals surface area contributed by atoms with E-state index < -0.39 is 10.0 Å². The molecular weight excluding hydrogens is 372 g/mol. The van der Waals surface area contributed by atoms with Crippen molar-refractivity contribution in [2.75, 3.05) is 23.7 Å². The van der Waals surface area contributed by atoms with Gasteiger partial charge in [-0.25, -0.2) is 8.42 Å². The third kappa shape index (κ3) is 3.45. The molecular formula is C17H16N4O3S2. The Balaban J connectivity index is 1.45. The van der Waals surface area contributed by atoms with Crippen LogP contribution in [0.4, 0.5) is 5.69 Å². The number of amidine groups is 1. The van der Waals surface area contributed by atoms with Crippen molar-refractivity contribution in [1.82, 2.24) is 10.3 Å². The fraction of sp³-hybridized carbons (Fsp3) is 0.235. The molecule has 26 heavy (non-hydrogen) atoms. The van der Waals surface area contributed by atoms with E-state index in [-0.39, 0.29) is 11.7 Å². The van der Waals surface area contributed by atoms with Gasteiger partial charge in [-0.15, -0.1) is 4.40 Å². The van der Waals surface area contributed by atoms with Crippen molar-refractivity contribution in [3.05, 3.63) is 53.9 Å². The first-order chi connectivity index (χ1) is 12.5. The molecule has 0 spiro atoms. The lowest BCUT2D eigenvalue weighted by molar-refractivity contribution is 0.0954. The number of carbonyl (C=O) groups excluding carboxylic acids is 1. The van der Waals surface area contributed by atoms with Crippen LogP contribution in [0, 0.1) is 0 Å². The molecule has 2 aliphatic heterocycles. The number of aromatic nitrogens is 1. The van der Waals surface area contributed by atoms with E-state index >= 15 is 0 Å². The maximum atomic E-state index is 12.4.